The van der Waals surface area contributed by atoms with E-state index >= 15 is 0 Å². The molecule has 0 aromatic heterocycles. The molecule has 23 heavy (non-hydrogen) atoms. The van der Waals surface area contributed by atoms with Crippen molar-refractivity contribution < 1.29 is 4.79 Å². The molecule has 4 heteroatoms. The Hall–Kier alpha value is -1.39. The number of hydrogen-bond acceptors (Lipinski definition) is 3. The number of piperidine rings is 1. The van der Waals surface area contributed by atoms with Crippen LogP contribution in [0.2, 0.25) is 0 Å². The van der Waals surface area contributed by atoms with Gasteiger partial charge in [-0.15, -0.1) is 0 Å². The zero-order valence-electron chi connectivity index (χ0n) is 14.5. The summed E-state index contributed by atoms with van der Waals surface area (Å²) in [6.45, 7) is 4.07. The lowest BCUT2D eigenvalue weighted by atomic mass is 10.0. The maximum absolute atomic E-state index is 12.7. The summed E-state index contributed by atoms with van der Waals surface area (Å²) >= 11 is 0. The van der Waals surface area contributed by atoms with Crippen LogP contribution >= 0.6 is 0 Å². The Morgan fingerprint density at radius 1 is 1.22 bits per heavy atom. The molecule has 1 saturated heterocycles. The lowest BCUT2D eigenvalue weighted by molar-refractivity contribution is -0.119. The van der Waals surface area contributed by atoms with Gasteiger partial charge in [0.15, 0.2) is 0 Å². The molecular weight excluding hydrogens is 286 g/mol. The first kappa shape index (κ1) is 16.5. The molecule has 2 aliphatic rings. The summed E-state index contributed by atoms with van der Waals surface area (Å²) in [7, 11) is 4.36. The first-order valence-electron chi connectivity index (χ1n) is 8.92. The molecule has 3 rings (SSSR count). The zero-order chi connectivity index (χ0) is 16.2. The Morgan fingerprint density at radius 3 is 2.74 bits per heavy atom. The van der Waals surface area contributed by atoms with E-state index in [-0.39, 0.29) is 5.91 Å². The Labute approximate surface area is 140 Å². The van der Waals surface area contributed by atoms with Crippen molar-refractivity contribution >= 4 is 11.6 Å². The predicted octanol–water partition coefficient (Wildman–Crippen LogP) is 2.38. The quantitative estimate of drug-likeness (QED) is 0.853. The summed E-state index contributed by atoms with van der Waals surface area (Å²) in [5.74, 6) is 0.275. The van der Waals surface area contributed by atoms with E-state index in [1.165, 1.54) is 31.5 Å². The van der Waals surface area contributed by atoms with Crippen LogP contribution in [0.25, 0.3) is 0 Å². The van der Waals surface area contributed by atoms with Gasteiger partial charge >= 0.3 is 0 Å². The largest absolute Gasteiger partial charge is 0.312 e. The van der Waals surface area contributed by atoms with Gasteiger partial charge in [-0.3, -0.25) is 4.79 Å². The molecule has 1 amide bonds. The Balaban J connectivity index is 1.54. The molecule has 0 bridgehead atoms. The molecule has 1 aromatic rings. The number of rotatable bonds is 4. The number of carbonyl (C=O) groups excluding carboxylic acids is 1. The van der Waals surface area contributed by atoms with E-state index in [0.29, 0.717) is 12.5 Å². The van der Waals surface area contributed by atoms with E-state index in [2.05, 4.69) is 42.1 Å². The van der Waals surface area contributed by atoms with Gasteiger partial charge < -0.3 is 14.7 Å². The smallest absolute Gasteiger partial charge is 0.228 e. The minimum atomic E-state index is 0.275. The zero-order valence-corrected chi connectivity index (χ0v) is 14.5. The second-order valence-electron chi connectivity index (χ2n) is 7.04. The van der Waals surface area contributed by atoms with Crippen molar-refractivity contribution in [2.24, 2.45) is 0 Å². The first-order valence-corrected chi connectivity index (χ1v) is 8.92. The summed E-state index contributed by atoms with van der Waals surface area (Å²) in [6, 6.07) is 8.98. The van der Waals surface area contributed by atoms with Gasteiger partial charge in [0.05, 0.1) is 0 Å². The van der Waals surface area contributed by atoms with E-state index < -0.39 is 0 Å². The Bertz CT molecular complexity index is 537. The van der Waals surface area contributed by atoms with Crippen molar-refractivity contribution in [1.29, 1.82) is 0 Å². The maximum atomic E-state index is 12.7. The summed E-state index contributed by atoms with van der Waals surface area (Å²) < 4.78 is 0. The average molecular weight is 315 g/mol. The van der Waals surface area contributed by atoms with Crippen molar-refractivity contribution in [2.75, 3.05) is 45.2 Å². The van der Waals surface area contributed by atoms with Crippen molar-refractivity contribution in [3.05, 3.63) is 29.8 Å². The Morgan fingerprint density at radius 2 is 1.96 bits per heavy atom. The second kappa shape index (κ2) is 7.45. The van der Waals surface area contributed by atoms with Crippen LogP contribution in [0.3, 0.4) is 0 Å². The van der Waals surface area contributed by atoms with Crippen LogP contribution in [-0.2, 0) is 11.2 Å². The molecule has 0 atom stereocenters. The topological polar surface area (TPSA) is 26.8 Å². The van der Waals surface area contributed by atoms with Gasteiger partial charge in [0.2, 0.25) is 5.91 Å². The van der Waals surface area contributed by atoms with E-state index in [9.17, 15) is 4.79 Å². The third kappa shape index (κ3) is 3.93. The lowest BCUT2D eigenvalue weighted by Gasteiger charge is -2.35. The van der Waals surface area contributed by atoms with Gasteiger partial charge in [-0.1, -0.05) is 18.2 Å². The summed E-state index contributed by atoms with van der Waals surface area (Å²) in [5, 5.41) is 0. The molecule has 2 heterocycles. The first-order chi connectivity index (χ1) is 11.1. The minimum absolute atomic E-state index is 0.275. The number of likely N-dealkylation sites (tertiary alicyclic amines) is 1. The van der Waals surface area contributed by atoms with E-state index in [1.54, 1.807) is 0 Å². The highest BCUT2D eigenvalue weighted by Gasteiger charge is 2.24. The van der Waals surface area contributed by atoms with Crippen molar-refractivity contribution in [1.82, 2.24) is 9.80 Å². The van der Waals surface area contributed by atoms with Crippen LogP contribution < -0.4 is 4.90 Å². The number of carbonyl (C=O) groups is 1. The molecule has 0 unspecified atom stereocenters. The third-order valence-corrected chi connectivity index (χ3v) is 5.40. The number of anilines is 1. The highest BCUT2D eigenvalue weighted by atomic mass is 16.2. The molecule has 4 nitrogen and oxygen atoms in total. The van der Waals surface area contributed by atoms with Gasteiger partial charge in [0.25, 0.3) is 0 Å². The van der Waals surface area contributed by atoms with Crippen LogP contribution in [0.15, 0.2) is 24.3 Å². The van der Waals surface area contributed by atoms with Crippen molar-refractivity contribution in [3.8, 4) is 0 Å². The molecule has 0 saturated carbocycles. The van der Waals surface area contributed by atoms with Gasteiger partial charge in [0, 0.05) is 31.2 Å². The highest BCUT2D eigenvalue weighted by molar-refractivity contribution is 5.94. The standard InChI is InChI=1S/C19H29N3O/c1-20-13-9-17(10-14-20)21(2)15-11-19(23)22-12-5-7-16-6-3-4-8-18(16)22/h3-4,6,8,17H,5,7,9-15H2,1-2H3. The second-order valence-corrected chi connectivity index (χ2v) is 7.04. The fourth-order valence-corrected chi connectivity index (χ4v) is 3.82. The number of benzene rings is 1. The van der Waals surface area contributed by atoms with Crippen LogP contribution in [0.5, 0.6) is 0 Å². The fourth-order valence-electron chi connectivity index (χ4n) is 3.82. The normalized spacial score (nSPS) is 19.9. The number of para-hydroxylation sites is 1. The maximum Gasteiger partial charge on any atom is 0.228 e. The SMILES string of the molecule is CN1CCC(N(C)CCC(=O)N2CCCc3ccccc32)CC1. The van der Waals surface area contributed by atoms with E-state index in [4.69, 9.17) is 0 Å². The molecule has 1 aromatic carbocycles. The Kier molecular flexibility index (Phi) is 5.34. The van der Waals surface area contributed by atoms with E-state index in [0.717, 1.165) is 31.6 Å². The molecule has 0 radical (unpaired) electrons. The summed E-state index contributed by atoms with van der Waals surface area (Å²) in [4.78, 5) is 19.5. The number of fused-ring (bicyclic) bond motifs is 1. The van der Waals surface area contributed by atoms with E-state index in [1.807, 2.05) is 11.0 Å². The molecule has 0 spiro atoms. The summed E-state index contributed by atoms with van der Waals surface area (Å²) in [5.41, 5.74) is 2.45. The van der Waals surface area contributed by atoms with Crippen LogP contribution in [-0.4, -0.2) is 62.0 Å². The molecular formula is C19H29N3O. The molecule has 2 aliphatic heterocycles. The molecule has 0 aliphatic carbocycles. The lowest BCUT2D eigenvalue weighted by Crippen LogP contribution is -2.43. The number of hydrogen-bond donors (Lipinski definition) is 0. The number of aryl methyl sites for hydroxylation is 1. The molecule has 1 fully saturated rings. The van der Waals surface area contributed by atoms with Crippen molar-refractivity contribution in [2.45, 2.75) is 38.1 Å². The van der Waals surface area contributed by atoms with Crippen LogP contribution in [0, 0.1) is 0 Å². The summed E-state index contributed by atoms with van der Waals surface area (Å²) in [6.07, 6.45) is 5.22. The van der Waals surface area contributed by atoms with Gasteiger partial charge in [-0.05, 0) is 64.5 Å². The minimum Gasteiger partial charge on any atom is -0.312 e. The van der Waals surface area contributed by atoms with Crippen LogP contribution in [0.4, 0.5) is 5.69 Å². The van der Waals surface area contributed by atoms with Crippen molar-refractivity contribution in [3.63, 3.8) is 0 Å². The number of nitrogens with zero attached hydrogens (tertiary/aromatic N) is 3. The molecule has 126 valence electrons. The fraction of sp³-hybridized carbons (Fsp3) is 0.632. The van der Waals surface area contributed by atoms with Gasteiger partial charge in [-0.2, -0.15) is 0 Å². The van der Waals surface area contributed by atoms with Gasteiger partial charge in [0.1, 0.15) is 0 Å². The molecule has 0 N–H and O–H groups in total. The average Bonchev–Trinajstić information content (AvgIpc) is 2.59. The van der Waals surface area contributed by atoms with Gasteiger partial charge in [-0.25, -0.2) is 0 Å². The number of amides is 1. The third-order valence-electron chi connectivity index (χ3n) is 5.40. The van der Waals surface area contributed by atoms with Crippen LogP contribution in [0.1, 0.15) is 31.2 Å². The monoisotopic (exact) mass is 315 g/mol. The highest BCUT2D eigenvalue weighted by Crippen LogP contribution is 2.27. The predicted molar refractivity (Wildman–Crippen MR) is 94.9 cm³/mol.